The van der Waals surface area contributed by atoms with E-state index in [4.69, 9.17) is 13.9 Å². The number of benzene rings is 1. The van der Waals surface area contributed by atoms with E-state index in [1.54, 1.807) is 29.0 Å². The Bertz CT molecular complexity index is 1190. The Morgan fingerprint density at radius 3 is 2.50 bits per heavy atom. The fourth-order valence-electron chi connectivity index (χ4n) is 4.41. The van der Waals surface area contributed by atoms with E-state index in [2.05, 4.69) is 39.9 Å². The van der Waals surface area contributed by atoms with Crippen LogP contribution in [0.3, 0.4) is 0 Å². The average molecular weight is 483 g/mol. The summed E-state index contributed by atoms with van der Waals surface area (Å²) in [4.78, 5) is 26.1. The van der Waals surface area contributed by atoms with Crippen LogP contribution in [-0.4, -0.2) is 31.3 Å². The number of pyridine rings is 1. The van der Waals surface area contributed by atoms with Crippen molar-refractivity contribution in [1.82, 2.24) is 4.57 Å². The fourth-order valence-corrected chi connectivity index (χ4v) is 4.91. The second kappa shape index (κ2) is 9.39. The molecule has 2 aromatic rings. The molecule has 182 valence electrons. The summed E-state index contributed by atoms with van der Waals surface area (Å²) in [6.45, 7) is 15.6. The monoisotopic (exact) mass is 482 g/mol. The minimum Gasteiger partial charge on any atom is -0.484 e. The van der Waals surface area contributed by atoms with Crippen LogP contribution in [0.5, 0.6) is 5.75 Å². The number of hydrogen-bond acceptors (Lipinski definition) is 6. The van der Waals surface area contributed by atoms with Crippen LogP contribution >= 0.6 is 0 Å². The van der Waals surface area contributed by atoms with Gasteiger partial charge in [0.25, 0.3) is 5.56 Å². The SMILES string of the molecule is CC(=O)O[C@@H]1[C@@H](n2ccc(C(C)(C)C)c(CO[SiH](C)C)c2=O)c2cc(C#N)ccc2OC1(C)C. The topological polar surface area (TPSA) is 90.5 Å². The summed E-state index contributed by atoms with van der Waals surface area (Å²) in [5.74, 6) is 0.0804. The van der Waals surface area contributed by atoms with Crippen molar-refractivity contribution in [2.75, 3.05) is 0 Å². The third-order valence-corrected chi connectivity index (χ3v) is 6.82. The van der Waals surface area contributed by atoms with Gasteiger partial charge in [-0.05, 0) is 62.2 Å². The molecule has 0 bridgehead atoms. The van der Waals surface area contributed by atoms with Crippen LogP contribution in [0.1, 0.15) is 69.8 Å². The lowest BCUT2D eigenvalue weighted by molar-refractivity contribution is -0.163. The second-order valence-electron chi connectivity index (χ2n) is 10.6. The number of rotatable bonds is 5. The van der Waals surface area contributed by atoms with Gasteiger partial charge in [-0.1, -0.05) is 20.8 Å². The van der Waals surface area contributed by atoms with Crippen molar-refractivity contribution in [2.45, 2.75) is 84.4 Å². The highest BCUT2D eigenvalue weighted by Gasteiger charge is 2.48. The number of carbonyl (C=O) groups is 1. The first-order valence-electron chi connectivity index (χ1n) is 11.5. The highest BCUT2D eigenvalue weighted by molar-refractivity contribution is 6.48. The molecule has 0 amide bonds. The van der Waals surface area contributed by atoms with Gasteiger partial charge in [-0.2, -0.15) is 5.26 Å². The second-order valence-corrected chi connectivity index (χ2v) is 13.0. The van der Waals surface area contributed by atoms with Gasteiger partial charge in [0.05, 0.1) is 18.2 Å². The van der Waals surface area contributed by atoms with E-state index < -0.39 is 32.8 Å². The molecule has 0 N–H and O–H groups in total. The molecular weight excluding hydrogens is 448 g/mol. The van der Waals surface area contributed by atoms with Crippen LogP contribution in [0.25, 0.3) is 0 Å². The van der Waals surface area contributed by atoms with Crippen molar-refractivity contribution >= 4 is 15.0 Å². The van der Waals surface area contributed by atoms with Crippen molar-refractivity contribution in [3.63, 3.8) is 0 Å². The highest BCUT2D eigenvalue weighted by atomic mass is 28.3. The summed E-state index contributed by atoms with van der Waals surface area (Å²) in [6, 6.07) is 8.53. The standard InChI is InChI=1S/C26H34N2O5Si/c1-16(29)32-23-22(18-13-17(14-27)9-10-21(18)33-26(23,5)6)28-12-11-20(25(2,3)4)19(24(28)30)15-31-34(7)8/h9-13,22-23,34H,15H2,1-8H3/t22-,23+/m0/s1. The van der Waals surface area contributed by atoms with Crippen molar-refractivity contribution in [1.29, 1.82) is 5.26 Å². The summed E-state index contributed by atoms with van der Waals surface area (Å²) in [5, 5.41) is 9.50. The van der Waals surface area contributed by atoms with Crippen molar-refractivity contribution in [3.05, 3.63) is 63.1 Å². The van der Waals surface area contributed by atoms with Gasteiger partial charge < -0.3 is 18.5 Å². The smallest absolute Gasteiger partial charge is 0.303 e. The third kappa shape index (κ3) is 5.11. The predicted molar refractivity (Wildman–Crippen MR) is 133 cm³/mol. The van der Waals surface area contributed by atoms with Gasteiger partial charge in [-0.3, -0.25) is 9.59 Å². The van der Waals surface area contributed by atoms with E-state index in [-0.39, 0.29) is 17.6 Å². The van der Waals surface area contributed by atoms with Crippen LogP contribution in [0.4, 0.5) is 0 Å². The maximum Gasteiger partial charge on any atom is 0.303 e. The Hall–Kier alpha value is -2.89. The molecular formula is C26H34N2O5Si. The summed E-state index contributed by atoms with van der Waals surface area (Å²) < 4.78 is 19.6. The number of carbonyl (C=O) groups excluding carboxylic acids is 1. The van der Waals surface area contributed by atoms with Gasteiger partial charge in [0.1, 0.15) is 17.4 Å². The molecule has 7 nitrogen and oxygen atoms in total. The number of aromatic nitrogens is 1. The van der Waals surface area contributed by atoms with Crippen LogP contribution < -0.4 is 10.3 Å². The highest BCUT2D eigenvalue weighted by Crippen LogP contribution is 2.43. The maximum absolute atomic E-state index is 14.0. The molecule has 0 spiro atoms. The fraction of sp³-hybridized carbons (Fsp3) is 0.500. The largest absolute Gasteiger partial charge is 0.484 e. The number of hydrogen-bond donors (Lipinski definition) is 0. The Morgan fingerprint density at radius 1 is 1.26 bits per heavy atom. The molecule has 1 aromatic heterocycles. The van der Waals surface area contributed by atoms with Gasteiger partial charge in [0.2, 0.25) is 0 Å². The molecule has 0 aliphatic carbocycles. The molecule has 8 heteroatoms. The molecule has 0 unspecified atom stereocenters. The van der Waals surface area contributed by atoms with Gasteiger partial charge in [-0.15, -0.1) is 0 Å². The number of fused-ring (bicyclic) bond motifs is 1. The van der Waals surface area contributed by atoms with Crippen LogP contribution in [0.2, 0.25) is 13.1 Å². The van der Waals surface area contributed by atoms with Crippen molar-refractivity contribution in [2.24, 2.45) is 0 Å². The Labute approximate surface area is 203 Å². The zero-order chi connectivity index (χ0) is 25.4. The Kier molecular flexibility index (Phi) is 7.11. The van der Waals surface area contributed by atoms with E-state index in [0.717, 1.165) is 5.56 Å². The summed E-state index contributed by atoms with van der Waals surface area (Å²) in [7, 11) is -1.38. The molecule has 1 aliphatic rings. The van der Waals surface area contributed by atoms with Crippen LogP contribution in [-0.2, 0) is 26.0 Å². The first-order chi connectivity index (χ1) is 15.8. The summed E-state index contributed by atoms with van der Waals surface area (Å²) >= 11 is 0. The van der Waals surface area contributed by atoms with Gasteiger partial charge in [0, 0.05) is 24.2 Å². The zero-order valence-electron chi connectivity index (χ0n) is 21.3. The molecule has 3 rings (SSSR count). The molecule has 0 saturated carbocycles. The van der Waals surface area contributed by atoms with Crippen LogP contribution in [0, 0.1) is 11.3 Å². The first-order valence-corrected chi connectivity index (χ1v) is 14.3. The molecule has 2 atom stereocenters. The predicted octanol–water partition coefficient (Wildman–Crippen LogP) is 4.21. The molecule has 1 aliphatic heterocycles. The molecule has 2 heterocycles. The minimum atomic E-state index is -1.38. The van der Waals surface area contributed by atoms with Crippen molar-refractivity contribution in [3.8, 4) is 11.8 Å². The molecule has 0 saturated heterocycles. The lowest BCUT2D eigenvalue weighted by Gasteiger charge is -2.44. The average Bonchev–Trinajstić information content (AvgIpc) is 2.72. The van der Waals surface area contributed by atoms with Gasteiger partial charge >= 0.3 is 5.97 Å². The molecule has 0 fully saturated rings. The summed E-state index contributed by atoms with van der Waals surface area (Å²) in [5.41, 5.74) is 1.20. The quantitative estimate of drug-likeness (QED) is 0.468. The van der Waals surface area contributed by atoms with Crippen LogP contribution in [0.15, 0.2) is 35.3 Å². The number of nitrogens with zero attached hydrogens (tertiary/aromatic N) is 2. The lowest BCUT2D eigenvalue weighted by Crippen LogP contribution is -2.54. The lowest BCUT2D eigenvalue weighted by atomic mass is 9.83. The van der Waals surface area contributed by atoms with E-state index in [1.807, 2.05) is 19.9 Å². The molecule has 34 heavy (non-hydrogen) atoms. The number of nitriles is 1. The first kappa shape index (κ1) is 25.7. The maximum atomic E-state index is 14.0. The third-order valence-electron chi connectivity index (χ3n) is 5.98. The Balaban J connectivity index is 2.32. The van der Waals surface area contributed by atoms with Gasteiger partial charge in [-0.25, -0.2) is 0 Å². The van der Waals surface area contributed by atoms with E-state index in [9.17, 15) is 14.9 Å². The minimum absolute atomic E-state index is 0.199. The van der Waals surface area contributed by atoms with E-state index in [1.165, 1.54) is 6.92 Å². The normalized spacial score (nSPS) is 19.2. The van der Waals surface area contributed by atoms with Crippen molar-refractivity contribution < 1.29 is 18.7 Å². The zero-order valence-corrected chi connectivity index (χ0v) is 22.4. The van der Waals surface area contributed by atoms with E-state index >= 15 is 0 Å². The number of ether oxygens (including phenoxy) is 2. The Morgan fingerprint density at radius 2 is 1.94 bits per heavy atom. The van der Waals surface area contributed by atoms with Gasteiger partial charge in [0.15, 0.2) is 15.1 Å². The van der Waals surface area contributed by atoms with E-state index in [0.29, 0.717) is 22.4 Å². The summed E-state index contributed by atoms with van der Waals surface area (Å²) in [6.07, 6.45) is 0.961. The molecule has 1 aromatic carbocycles. The molecule has 0 radical (unpaired) electrons. The number of esters is 1.